The molecule has 0 aliphatic carbocycles. The molecule has 0 radical (unpaired) electrons. The Morgan fingerprint density at radius 2 is 2.33 bits per heavy atom. The van der Waals surface area contributed by atoms with Crippen LogP contribution in [0.3, 0.4) is 0 Å². The number of hydrogen-bond donors (Lipinski definition) is 2. The summed E-state index contributed by atoms with van der Waals surface area (Å²) in [6, 6.07) is 4.72. The lowest BCUT2D eigenvalue weighted by Gasteiger charge is -2.24. The maximum Gasteiger partial charge on any atom is 0.239 e. The number of ether oxygens (including phenoxy) is 1. The summed E-state index contributed by atoms with van der Waals surface area (Å²) in [4.78, 5) is 13.7. The molecule has 5 nitrogen and oxygen atoms in total. The molecule has 116 valence electrons. The zero-order valence-corrected chi connectivity index (χ0v) is 12.3. The van der Waals surface area contributed by atoms with E-state index in [1.54, 1.807) is 13.2 Å². The predicted molar refractivity (Wildman–Crippen MR) is 79.8 cm³/mol. The van der Waals surface area contributed by atoms with Gasteiger partial charge < -0.3 is 20.3 Å². The number of rotatable bonds is 6. The van der Waals surface area contributed by atoms with Crippen molar-refractivity contribution in [2.24, 2.45) is 0 Å². The zero-order chi connectivity index (χ0) is 15.1. The Bertz CT molecular complexity index is 482. The molecule has 0 saturated carbocycles. The number of carbonyl (C=O) groups excluding carboxylic acids is 1. The van der Waals surface area contributed by atoms with Crippen molar-refractivity contribution < 1.29 is 13.9 Å². The molecule has 0 atom stereocenters. The molecule has 1 saturated heterocycles. The maximum atomic E-state index is 13.5. The molecule has 1 aromatic rings. The molecule has 1 heterocycles. The first-order valence-electron chi connectivity index (χ1n) is 7.20. The van der Waals surface area contributed by atoms with Crippen molar-refractivity contribution >= 4 is 11.6 Å². The minimum absolute atomic E-state index is 0.00937. The van der Waals surface area contributed by atoms with Crippen LogP contribution < -0.4 is 15.5 Å². The Morgan fingerprint density at radius 1 is 1.48 bits per heavy atom. The molecule has 1 aromatic carbocycles. The average molecular weight is 295 g/mol. The molecule has 2 N–H and O–H groups in total. The Balaban J connectivity index is 2.11. The number of amides is 1. The van der Waals surface area contributed by atoms with Crippen LogP contribution in [0.4, 0.5) is 10.1 Å². The number of halogens is 1. The largest absolute Gasteiger partial charge is 0.383 e. The fraction of sp³-hybridized carbons (Fsp3) is 0.533. The highest BCUT2D eigenvalue weighted by molar-refractivity contribution is 5.82. The fourth-order valence-corrected chi connectivity index (χ4v) is 2.41. The summed E-state index contributed by atoms with van der Waals surface area (Å²) in [6.45, 7) is 3.66. The van der Waals surface area contributed by atoms with Gasteiger partial charge in [0.05, 0.1) is 13.2 Å². The van der Waals surface area contributed by atoms with E-state index in [1.807, 2.05) is 4.90 Å². The van der Waals surface area contributed by atoms with E-state index in [1.165, 1.54) is 12.1 Å². The van der Waals surface area contributed by atoms with Crippen LogP contribution in [0, 0.1) is 5.82 Å². The molecule has 0 bridgehead atoms. The molecule has 1 amide bonds. The summed E-state index contributed by atoms with van der Waals surface area (Å²) < 4.78 is 18.5. The zero-order valence-electron chi connectivity index (χ0n) is 12.3. The molecule has 21 heavy (non-hydrogen) atoms. The topological polar surface area (TPSA) is 53.6 Å². The Hall–Kier alpha value is -1.66. The third-order valence-corrected chi connectivity index (χ3v) is 3.44. The number of hydrogen-bond acceptors (Lipinski definition) is 4. The van der Waals surface area contributed by atoms with E-state index in [4.69, 9.17) is 4.74 Å². The highest BCUT2D eigenvalue weighted by atomic mass is 19.1. The highest BCUT2D eigenvalue weighted by Gasteiger charge is 2.17. The minimum Gasteiger partial charge on any atom is -0.383 e. The molecule has 0 spiro atoms. The van der Waals surface area contributed by atoms with Crippen LogP contribution in [0.15, 0.2) is 18.2 Å². The van der Waals surface area contributed by atoms with Gasteiger partial charge in [-0.2, -0.15) is 0 Å². The van der Waals surface area contributed by atoms with E-state index >= 15 is 0 Å². The van der Waals surface area contributed by atoms with E-state index in [-0.39, 0.29) is 11.7 Å². The van der Waals surface area contributed by atoms with Gasteiger partial charge in [0.15, 0.2) is 0 Å². The molecular weight excluding hydrogens is 273 g/mol. The van der Waals surface area contributed by atoms with Crippen molar-refractivity contribution in [3.05, 3.63) is 29.6 Å². The summed E-state index contributed by atoms with van der Waals surface area (Å²) in [5.74, 6) is -0.253. The standard InChI is InChI=1S/C15H22FN3O2/c1-21-8-6-17-10-12-9-13(16)3-4-14(12)19-7-2-5-18-15(20)11-19/h3-4,9,17H,2,5-8,10-11H2,1H3,(H,18,20). The molecule has 0 unspecified atom stereocenters. The average Bonchev–Trinajstić information content (AvgIpc) is 2.68. The summed E-state index contributed by atoms with van der Waals surface area (Å²) in [6.07, 6.45) is 0.889. The van der Waals surface area contributed by atoms with Crippen LogP contribution in [0.25, 0.3) is 0 Å². The van der Waals surface area contributed by atoms with Gasteiger partial charge in [-0.3, -0.25) is 4.79 Å². The lowest BCUT2D eigenvalue weighted by atomic mass is 10.1. The Labute approximate surface area is 124 Å². The van der Waals surface area contributed by atoms with Gasteiger partial charge in [-0.1, -0.05) is 0 Å². The van der Waals surface area contributed by atoms with Crippen LogP contribution in [-0.2, 0) is 16.1 Å². The SMILES string of the molecule is COCCNCc1cc(F)ccc1N1CCCNC(=O)C1. The van der Waals surface area contributed by atoms with Crippen molar-refractivity contribution in [1.29, 1.82) is 0 Å². The summed E-state index contributed by atoms with van der Waals surface area (Å²) in [7, 11) is 1.64. The summed E-state index contributed by atoms with van der Waals surface area (Å²) in [5.41, 5.74) is 1.78. The number of benzene rings is 1. The Kier molecular flexibility index (Phi) is 5.95. The van der Waals surface area contributed by atoms with Crippen LogP contribution in [-0.4, -0.2) is 45.8 Å². The van der Waals surface area contributed by atoms with Gasteiger partial charge in [0.25, 0.3) is 0 Å². The van der Waals surface area contributed by atoms with Crippen molar-refractivity contribution in [1.82, 2.24) is 10.6 Å². The lowest BCUT2D eigenvalue weighted by molar-refractivity contribution is -0.119. The molecule has 0 aromatic heterocycles. The molecule has 1 aliphatic heterocycles. The number of nitrogens with one attached hydrogen (secondary N) is 2. The molecule has 1 aliphatic rings. The Morgan fingerprint density at radius 3 is 3.14 bits per heavy atom. The molecule has 6 heteroatoms. The van der Waals surface area contributed by atoms with Crippen LogP contribution in [0.1, 0.15) is 12.0 Å². The van der Waals surface area contributed by atoms with E-state index in [0.717, 1.165) is 24.2 Å². The summed E-state index contributed by atoms with van der Waals surface area (Å²) >= 11 is 0. The van der Waals surface area contributed by atoms with Gasteiger partial charge in [0.1, 0.15) is 5.82 Å². The van der Waals surface area contributed by atoms with Gasteiger partial charge in [-0.25, -0.2) is 4.39 Å². The predicted octanol–water partition coefficient (Wildman–Crippen LogP) is 0.888. The second-order valence-electron chi connectivity index (χ2n) is 5.07. The fourth-order valence-electron chi connectivity index (χ4n) is 2.41. The van der Waals surface area contributed by atoms with E-state index < -0.39 is 0 Å². The van der Waals surface area contributed by atoms with Gasteiger partial charge in [-0.15, -0.1) is 0 Å². The maximum absolute atomic E-state index is 13.5. The quantitative estimate of drug-likeness (QED) is 0.765. The molecular formula is C15H22FN3O2. The minimum atomic E-state index is -0.262. The number of anilines is 1. The second-order valence-corrected chi connectivity index (χ2v) is 5.07. The van der Waals surface area contributed by atoms with Crippen molar-refractivity contribution in [2.75, 3.05) is 44.8 Å². The molecule has 1 fully saturated rings. The second kappa shape index (κ2) is 7.95. The van der Waals surface area contributed by atoms with Gasteiger partial charge >= 0.3 is 0 Å². The smallest absolute Gasteiger partial charge is 0.239 e. The first-order valence-corrected chi connectivity index (χ1v) is 7.20. The van der Waals surface area contributed by atoms with Gasteiger partial charge in [-0.05, 0) is 30.2 Å². The van der Waals surface area contributed by atoms with Gasteiger partial charge in [0.2, 0.25) is 5.91 Å². The van der Waals surface area contributed by atoms with Crippen molar-refractivity contribution in [2.45, 2.75) is 13.0 Å². The van der Waals surface area contributed by atoms with E-state index in [9.17, 15) is 9.18 Å². The number of carbonyl (C=O) groups is 1. The van der Waals surface area contributed by atoms with Crippen molar-refractivity contribution in [3.63, 3.8) is 0 Å². The molecule has 2 rings (SSSR count). The van der Waals surface area contributed by atoms with E-state index in [2.05, 4.69) is 10.6 Å². The van der Waals surface area contributed by atoms with Crippen LogP contribution >= 0.6 is 0 Å². The third-order valence-electron chi connectivity index (χ3n) is 3.44. The third kappa shape index (κ3) is 4.68. The first kappa shape index (κ1) is 15.7. The monoisotopic (exact) mass is 295 g/mol. The first-order chi connectivity index (χ1) is 10.2. The highest BCUT2D eigenvalue weighted by Crippen LogP contribution is 2.22. The summed E-state index contributed by atoms with van der Waals surface area (Å²) in [5, 5.41) is 6.07. The normalized spacial score (nSPS) is 15.7. The van der Waals surface area contributed by atoms with E-state index in [0.29, 0.717) is 32.8 Å². The van der Waals surface area contributed by atoms with Gasteiger partial charge in [0, 0.05) is 39.0 Å². The van der Waals surface area contributed by atoms with Crippen LogP contribution in [0.5, 0.6) is 0 Å². The van der Waals surface area contributed by atoms with Crippen LogP contribution in [0.2, 0.25) is 0 Å². The lowest BCUT2D eigenvalue weighted by Crippen LogP contribution is -2.34. The number of methoxy groups -OCH3 is 1. The number of nitrogens with zero attached hydrogens (tertiary/aromatic N) is 1. The van der Waals surface area contributed by atoms with Crippen molar-refractivity contribution in [3.8, 4) is 0 Å².